The van der Waals surface area contributed by atoms with E-state index in [0.717, 1.165) is 22.7 Å². The minimum atomic E-state index is -1.81. The number of hydrogen-bond donors (Lipinski definition) is 0. The largest absolute Gasteiger partial charge is 0.462 e. The molecule has 5 nitrogen and oxygen atoms in total. The van der Waals surface area contributed by atoms with Crippen LogP contribution in [-0.2, 0) is 25.4 Å². The lowest BCUT2D eigenvalue weighted by atomic mass is 9.98. The quantitative estimate of drug-likeness (QED) is 0.343. The van der Waals surface area contributed by atoms with Crippen LogP contribution in [-0.4, -0.2) is 26.2 Å². The van der Waals surface area contributed by atoms with Gasteiger partial charge in [-0.1, -0.05) is 26.3 Å². The Balaban J connectivity index is 2.00. The number of esters is 1. The monoisotopic (exact) mass is 406 g/mol. The first-order valence-corrected chi connectivity index (χ1v) is 12.8. The molecule has 1 saturated heterocycles. The number of aryl methyl sites for hydroxylation is 1. The second-order valence-electron chi connectivity index (χ2n) is 9.43. The number of carbonyl (C=O) groups is 2. The van der Waals surface area contributed by atoms with Gasteiger partial charge in [-0.25, -0.2) is 0 Å². The zero-order valence-electron chi connectivity index (χ0n) is 18.5. The van der Waals surface area contributed by atoms with Crippen LogP contribution in [0.5, 0.6) is 0 Å². The third kappa shape index (κ3) is 5.45. The summed E-state index contributed by atoms with van der Waals surface area (Å²) in [6.07, 6.45) is 2.79. The number of hydrogen-bond acceptors (Lipinski definition) is 5. The topological polar surface area (TPSA) is 65.7 Å². The van der Waals surface area contributed by atoms with E-state index in [1.807, 2.05) is 26.0 Å². The molecule has 28 heavy (non-hydrogen) atoms. The fourth-order valence-corrected chi connectivity index (χ4v) is 3.96. The maximum Gasteiger partial charge on any atom is 0.316 e. The molecular formula is C22H34O5Si. The summed E-state index contributed by atoms with van der Waals surface area (Å²) in [6.45, 7) is 17.1. The maximum absolute atomic E-state index is 11.7. The summed E-state index contributed by atoms with van der Waals surface area (Å²) in [4.78, 5) is 23.2. The smallest absolute Gasteiger partial charge is 0.316 e. The van der Waals surface area contributed by atoms with Crippen LogP contribution < -0.4 is 0 Å². The van der Waals surface area contributed by atoms with Gasteiger partial charge in [0, 0.05) is 18.4 Å². The van der Waals surface area contributed by atoms with Crippen molar-refractivity contribution < 1.29 is 23.2 Å². The number of ketones is 1. The van der Waals surface area contributed by atoms with E-state index < -0.39 is 20.2 Å². The lowest BCUT2D eigenvalue weighted by molar-refractivity contribution is -0.146. The van der Waals surface area contributed by atoms with Crippen molar-refractivity contribution in [3.05, 3.63) is 28.7 Å². The molecule has 0 N–H and O–H groups in total. The number of Topliss-reactive ketones (excluding diaryl/α,β-unsaturated/α-hetero) is 1. The van der Waals surface area contributed by atoms with Crippen molar-refractivity contribution in [1.82, 2.24) is 0 Å². The summed E-state index contributed by atoms with van der Waals surface area (Å²) in [5, 5.41) is 0.167. The Kier molecular flexibility index (Phi) is 6.76. The Labute approximate surface area is 169 Å². The van der Waals surface area contributed by atoms with Gasteiger partial charge >= 0.3 is 5.97 Å². The van der Waals surface area contributed by atoms with Crippen molar-refractivity contribution >= 4 is 26.1 Å². The molecule has 1 aliphatic rings. The Hall–Kier alpha value is -1.66. The van der Waals surface area contributed by atoms with Crippen molar-refractivity contribution in [3.63, 3.8) is 0 Å². The first-order valence-electron chi connectivity index (χ1n) is 9.91. The van der Waals surface area contributed by atoms with Gasteiger partial charge in [0.05, 0.1) is 6.61 Å². The van der Waals surface area contributed by atoms with Crippen LogP contribution in [0.1, 0.15) is 64.5 Å². The highest BCUT2D eigenvalue weighted by molar-refractivity contribution is 6.74. The molecule has 1 aliphatic heterocycles. The van der Waals surface area contributed by atoms with Gasteiger partial charge in [0.15, 0.2) is 8.32 Å². The van der Waals surface area contributed by atoms with Crippen LogP contribution in [0.2, 0.25) is 18.1 Å². The lowest BCUT2D eigenvalue weighted by Crippen LogP contribution is -2.40. The fourth-order valence-electron chi connectivity index (χ4n) is 3.01. The summed E-state index contributed by atoms with van der Waals surface area (Å²) in [5.41, 5.74) is 2.11. The highest BCUT2D eigenvalue weighted by Gasteiger charge is 2.38. The summed E-state index contributed by atoms with van der Waals surface area (Å²) in [7, 11) is -1.81. The van der Waals surface area contributed by atoms with E-state index in [2.05, 4.69) is 33.9 Å². The normalized spacial score (nSPS) is 21.1. The molecule has 2 rings (SSSR count). The molecule has 0 bridgehead atoms. The Morgan fingerprint density at radius 1 is 1.32 bits per heavy atom. The first-order chi connectivity index (χ1) is 12.8. The second kappa shape index (κ2) is 8.37. The van der Waals surface area contributed by atoms with Gasteiger partial charge in [-0.15, -0.1) is 0 Å². The molecule has 0 radical (unpaired) electrons. The van der Waals surface area contributed by atoms with Gasteiger partial charge < -0.3 is 13.6 Å². The molecule has 2 atom stereocenters. The number of rotatable bonds is 7. The van der Waals surface area contributed by atoms with Gasteiger partial charge in [-0.2, -0.15) is 0 Å². The molecule has 1 aromatic rings. The molecule has 156 valence electrons. The van der Waals surface area contributed by atoms with Gasteiger partial charge in [-0.05, 0) is 51.0 Å². The van der Waals surface area contributed by atoms with E-state index in [1.165, 1.54) is 6.92 Å². The Morgan fingerprint density at radius 3 is 2.50 bits per heavy atom. The van der Waals surface area contributed by atoms with Crippen LogP contribution in [0, 0.1) is 12.8 Å². The summed E-state index contributed by atoms with van der Waals surface area (Å²) in [5.74, 6) is 0.507. The summed E-state index contributed by atoms with van der Waals surface area (Å²) >= 11 is 0. The second-order valence-corrected chi connectivity index (χ2v) is 14.2. The summed E-state index contributed by atoms with van der Waals surface area (Å²) in [6, 6.07) is 2.02. The highest BCUT2D eigenvalue weighted by Crippen LogP contribution is 2.37. The SMILES string of the molecule is CC(=O)[C@H]1CC(C/C(C)=C/c2cc(CO[Si](C)(C)C(C)(C)C)c(C)o2)OC1=O. The molecule has 0 aliphatic carbocycles. The third-order valence-corrected chi connectivity index (χ3v) is 10.4. The Morgan fingerprint density at radius 2 is 1.96 bits per heavy atom. The molecule has 2 heterocycles. The minimum absolute atomic E-state index is 0.123. The van der Waals surface area contributed by atoms with E-state index >= 15 is 0 Å². The average Bonchev–Trinajstić information content (AvgIpc) is 3.06. The lowest BCUT2D eigenvalue weighted by Gasteiger charge is -2.36. The predicted molar refractivity (Wildman–Crippen MR) is 112 cm³/mol. The highest BCUT2D eigenvalue weighted by atomic mass is 28.4. The minimum Gasteiger partial charge on any atom is -0.462 e. The summed E-state index contributed by atoms with van der Waals surface area (Å²) < 4.78 is 17.5. The fraction of sp³-hybridized carbons (Fsp3) is 0.636. The first kappa shape index (κ1) is 22.6. The molecule has 1 fully saturated rings. The number of cyclic esters (lactones) is 1. The van der Waals surface area contributed by atoms with Crippen molar-refractivity contribution in [2.75, 3.05) is 0 Å². The molecule has 0 amide bonds. The standard InChI is InChI=1S/C22H34O5Si/c1-14(10-19-12-20(15(2)23)21(24)27-19)9-18-11-17(16(3)26-18)13-25-28(7,8)22(4,5)6/h9,11,19-20H,10,12-13H2,1-8H3/b14-9+/t19?,20-/m1/s1. The molecule has 0 saturated carbocycles. The zero-order chi connectivity index (χ0) is 21.3. The van der Waals surface area contributed by atoms with Gasteiger partial charge in [0.25, 0.3) is 0 Å². The van der Waals surface area contributed by atoms with Crippen LogP contribution >= 0.6 is 0 Å². The van der Waals surface area contributed by atoms with E-state index in [4.69, 9.17) is 13.6 Å². The van der Waals surface area contributed by atoms with Crippen LogP contribution in [0.3, 0.4) is 0 Å². The number of furan rings is 1. The van der Waals surface area contributed by atoms with Gasteiger partial charge in [0.2, 0.25) is 0 Å². The molecular weight excluding hydrogens is 372 g/mol. The van der Waals surface area contributed by atoms with Gasteiger partial charge in [-0.3, -0.25) is 9.59 Å². The molecule has 1 aromatic heterocycles. The van der Waals surface area contributed by atoms with Crippen LogP contribution in [0.4, 0.5) is 0 Å². The van der Waals surface area contributed by atoms with Crippen molar-refractivity contribution in [3.8, 4) is 0 Å². The molecule has 6 heteroatoms. The molecule has 1 unspecified atom stereocenters. The maximum atomic E-state index is 11.7. The van der Waals surface area contributed by atoms with Crippen molar-refractivity contribution in [1.29, 1.82) is 0 Å². The van der Waals surface area contributed by atoms with E-state index in [0.29, 0.717) is 19.4 Å². The van der Waals surface area contributed by atoms with Crippen LogP contribution in [0.25, 0.3) is 6.08 Å². The van der Waals surface area contributed by atoms with Gasteiger partial charge in [0.1, 0.15) is 29.3 Å². The number of carbonyl (C=O) groups excluding carboxylic acids is 2. The molecule has 0 aromatic carbocycles. The Bertz CT molecular complexity index is 766. The van der Waals surface area contributed by atoms with Crippen molar-refractivity contribution in [2.24, 2.45) is 5.92 Å². The van der Waals surface area contributed by atoms with Crippen molar-refractivity contribution in [2.45, 2.75) is 85.2 Å². The average molecular weight is 407 g/mol. The predicted octanol–water partition coefficient (Wildman–Crippen LogP) is 5.42. The van der Waals surface area contributed by atoms with E-state index in [1.54, 1.807) is 0 Å². The molecule has 0 spiro atoms. The van der Waals surface area contributed by atoms with E-state index in [9.17, 15) is 9.59 Å². The van der Waals surface area contributed by atoms with E-state index in [-0.39, 0.29) is 16.9 Å². The zero-order valence-corrected chi connectivity index (χ0v) is 19.5. The third-order valence-electron chi connectivity index (χ3n) is 5.93. The van der Waals surface area contributed by atoms with Crippen LogP contribution in [0.15, 0.2) is 16.1 Å². The number of ether oxygens (including phenoxy) is 1.